The Balaban J connectivity index is 1.56. The van der Waals surface area contributed by atoms with E-state index in [0.717, 1.165) is 36.3 Å². The number of anilines is 2. The van der Waals surface area contributed by atoms with Gasteiger partial charge in [-0.1, -0.05) is 24.3 Å². The van der Waals surface area contributed by atoms with Crippen molar-refractivity contribution in [1.29, 1.82) is 0 Å². The predicted octanol–water partition coefficient (Wildman–Crippen LogP) is 3.93. The Hall–Kier alpha value is -3.42. The van der Waals surface area contributed by atoms with Crippen molar-refractivity contribution in [3.63, 3.8) is 0 Å². The molecule has 2 aliphatic rings. The molecule has 7 heteroatoms. The van der Waals surface area contributed by atoms with Gasteiger partial charge in [0.2, 0.25) is 5.91 Å². The molecule has 33 heavy (non-hydrogen) atoms. The van der Waals surface area contributed by atoms with Gasteiger partial charge in [-0.3, -0.25) is 20.2 Å². The number of carbonyl (C=O) groups is 2. The van der Waals surface area contributed by atoms with Gasteiger partial charge in [-0.2, -0.15) is 0 Å². The van der Waals surface area contributed by atoms with Crippen LogP contribution in [0, 0.1) is 0 Å². The maximum atomic E-state index is 13.3. The van der Waals surface area contributed by atoms with Gasteiger partial charge in [0, 0.05) is 13.5 Å². The van der Waals surface area contributed by atoms with E-state index in [4.69, 9.17) is 4.42 Å². The predicted molar refractivity (Wildman–Crippen MR) is 128 cm³/mol. The lowest BCUT2D eigenvalue weighted by molar-refractivity contribution is -0.117. The average Bonchev–Trinajstić information content (AvgIpc) is 3.38. The fraction of sp³-hybridized carbons (Fsp3) is 0.308. The molecular formula is C26H28N4O3. The van der Waals surface area contributed by atoms with Crippen molar-refractivity contribution in [2.24, 2.45) is 0 Å². The second-order valence-electron chi connectivity index (χ2n) is 8.65. The van der Waals surface area contributed by atoms with Crippen LogP contribution >= 0.6 is 0 Å². The number of hydrogen-bond donors (Lipinski definition) is 2. The lowest BCUT2D eigenvalue weighted by atomic mass is 9.98. The van der Waals surface area contributed by atoms with E-state index in [2.05, 4.69) is 34.9 Å². The summed E-state index contributed by atoms with van der Waals surface area (Å²) in [7, 11) is 0. The molecule has 1 atom stereocenters. The summed E-state index contributed by atoms with van der Waals surface area (Å²) in [6, 6.07) is 17.6. The van der Waals surface area contributed by atoms with Crippen molar-refractivity contribution in [3.05, 3.63) is 72.2 Å². The summed E-state index contributed by atoms with van der Waals surface area (Å²) in [6.45, 7) is 5.89. The Morgan fingerprint density at radius 2 is 1.76 bits per heavy atom. The minimum atomic E-state index is -0.210. The molecular weight excluding hydrogens is 416 g/mol. The van der Waals surface area contributed by atoms with E-state index in [-0.39, 0.29) is 29.8 Å². The van der Waals surface area contributed by atoms with Crippen molar-refractivity contribution in [3.8, 4) is 11.1 Å². The second-order valence-corrected chi connectivity index (χ2v) is 8.65. The highest BCUT2D eigenvalue weighted by atomic mass is 16.3. The first-order valence-corrected chi connectivity index (χ1v) is 11.4. The van der Waals surface area contributed by atoms with Crippen LogP contribution in [0.4, 0.5) is 11.4 Å². The molecule has 0 bridgehead atoms. The maximum Gasteiger partial charge on any atom is 0.294 e. The molecule has 0 saturated carbocycles. The largest absolute Gasteiger partial charge is 0.459 e. The first-order valence-electron chi connectivity index (χ1n) is 11.4. The molecule has 1 saturated heterocycles. The Bertz CT molecular complexity index is 1170. The van der Waals surface area contributed by atoms with Gasteiger partial charge in [0.25, 0.3) is 5.91 Å². The minimum Gasteiger partial charge on any atom is -0.459 e. The summed E-state index contributed by atoms with van der Waals surface area (Å²) < 4.78 is 5.39. The van der Waals surface area contributed by atoms with Crippen LogP contribution in [-0.4, -0.2) is 37.5 Å². The van der Waals surface area contributed by atoms with Gasteiger partial charge in [-0.15, -0.1) is 0 Å². The summed E-state index contributed by atoms with van der Waals surface area (Å²) in [6.07, 6.45) is 2.74. The fourth-order valence-electron chi connectivity index (χ4n) is 4.80. The lowest BCUT2D eigenvalue weighted by Crippen LogP contribution is -2.51. The van der Waals surface area contributed by atoms with Gasteiger partial charge >= 0.3 is 0 Å². The molecule has 2 N–H and O–H groups in total. The standard InChI is InChI=1S/C26H28N4O3/c1-17-16-29(26(32)24-8-4-13-33-24)23-15-20(9-10-22(23)30(17)18(2)31)19-6-3-7-21(14-19)25-27-11-5-12-28-25/h3-4,6-10,13-15,17,25,27-28H,5,11-12,16H2,1-2H3/t17-/m0/s1. The minimum absolute atomic E-state index is 0.0435. The monoisotopic (exact) mass is 444 g/mol. The normalized spacial score (nSPS) is 18.8. The number of rotatable bonds is 3. The van der Waals surface area contributed by atoms with Crippen LogP contribution in [0.15, 0.2) is 65.3 Å². The number of hydrogen-bond acceptors (Lipinski definition) is 5. The van der Waals surface area contributed by atoms with E-state index in [1.807, 2.05) is 25.1 Å². The highest BCUT2D eigenvalue weighted by molar-refractivity contribution is 6.10. The molecule has 170 valence electrons. The summed E-state index contributed by atoms with van der Waals surface area (Å²) in [5.74, 6) is 0.0297. The Labute approximate surface area is 193 Å². The number of benzene rings is 2. The van der Waals surface area contributed by atoms with Gasteiger partial charge in [0.15, 0.2) is 5.76 Å². The van der Waals surface area contributed by atoms with E-state index < -0.39 is 0 Å². The van der Waals surface area contributed by atoms with Gasteiger partial charge < -0.3 is 14.2 Å². The van der Waals surface area contributed by atoms with Crippen molar-refractivity contribution in [2.45, 2.75) is 32.5 Å². The number of nitrogens with zero attached hydrogens (tertiary/aromatic N) is 2. The lowest BCUT2D eigenvalue weighted by Gasteiger charge is -2.40. The molecule has 5 rings (SSSR count). The van der Waals surface area contributed by atoms with Crippen molar-refractivity contribution in [2.75, 3.05) is 29.4 Å². The highest BCUT2D eigenvalue weighted by Gasteiger charge is 2.35. The van der Waals surface area contributed by atoms with Gasteiger partial charge in [0.1, 0.15) is 0 Å². The smallest absolute Gasteiger partial charge is 0.294 e. The first kappa shape index (κ1) is 21.4. The number of amides is 2. The van der Waals surface area contributed by atoms with E-state index in [1.54, 1.807) is 28.9 Å². The molecule has 0 radical (unpaired) electrons. The van der Waals surface area contributed by atoms with Gasteiger partial charge in [0.05, 0.1) is 29.8 Å². The Kier molecular flexibility index (Phi) is 5.74. The van der Waals surface area contributed by atoms with Crippen molar-refractivity contribution in [1.82, 2.24) is 10.6 Å². The van der Waals surface area contributed by atoms with E-state index in [9.17, 15) is 9.59 Å². The SMILES string of the molecule is CC(=O)N1c2ccc(-c3cccc(C4NCCCN4)c3)cc2N(C(=O)c2ccco2)C[C@@H]1C. The summed E-state index contributed by atoms with van der Waals surface area (Å²) in [5.41, 5.74) is 4.66. The Morgan fingerprint density at radius 3 is 2.48 bits per heavy atom. The highest BCUT2D eigenvalue weighted by Crippen LogP contribution is 2.39. The first-order chi connectivity index (χ1) is 16.0. The summed E-state index contributed by atoms with van der Waals surface area (Å²) in [5, 5.41) is 7.01. The molecule has 2 aliphatic heterocycles. The van der Waals surface area contributed by atoms with Gasteiger partial charge in [-0.05, 0) is 73.5 Å². The fourth-order valence-corrected chi connectivity index (χ4v) is 4.80. The quantitative estimate of drug-likeness (QED) is 0.640. The Morgan fingerprint density at radius 1 is 0.970 bits per heavy atom. The number of carbonyl (C=O) groups excluding carboxylic acids is 2. The molecule has 1 aromatic heterocycles. The van der Waals surface area contributed by atoms with E-state index in [1.165, 1.54) is 11.8 Å². The molecule has 3 heterocycles. The van der Waals surface area contributed by atoms with E-state index >= 15 is 0 Å². The van der Waals surface area contributed by atoms with Crippen LogP contribution in [0.25, 0.3) is 11.1 Å². The molecule has 2 aromatic carbocycles. The van der Waals surface area contributed by atoms with Crippen LogP contribution in [0.2, 0.25) is 0 Å². The molecule has 2 amide bonds. The zero-order chi connectivity index (χ0) is 22.9. The second kappa shape index (κ2) is 8.84. The van der Waals surface area contributed by atoms with Crippen LogP contribution in [0.3, 0.4) is 0 Å². The van der Waals surface area contributed by atoms with Crippen LogP contribution in [0.5, 0.6) is 0 Å². The average molecular weight is 445 g/mol. The van der Waals surface area contributed by atoms with Crippen LogP contribution < -0.4 is 20.4 Å². The van der Waals surface area contributed by atoms with Crippen LogP contribution in [0.1, 0.15) is 42.6 Å². The zero-order valence-corrected chi connectivity index (χ0v) is 18.9. The van der Waals surface area contributed by atoms with Gasteiger partial charge in [-0.25, -0.2) is 0 Å². The number of nitrogens with one attached hydrogen (secondary N) is 2. The van der Waals surface area contributed by atoms with Crippen molar-refractivity contribution < 1.29 is 14.0 Å². The molecule has 3 aromatic rings. The summed E-state index contributed by atoms with van der Waals surface area (Å²) in [4.78, 5) is 29.2. The van der Waals surface area contributed by atoms with Crippen LogP contribution in [-0.2, 0) is 4.79 Å². The third kappa shape index (κ3) is 4.05. The molecule has 0 spiro atoms. The molecule has 7 nitrogen and oxygen atoms in total. The third-order valence-electron chi connectivity index (χ3n) is 6.33. The topological polar surface area (TPSA) is 77.8 Å². The number of furan rings is 1. The molecule has 0 aliphatic carbocycles. The van der Waals surface area contributed by atoms with E-state index in [0.29, 0.717) is 12.2 Å². The summed E-state index contributed by atoms with van der Waals surface area (Å²) >= 11 is 0. The van der Waals surface area contributed by atoms with Crippen molar-refractivity contribution >= 4 is 23.2 Å². The zero-order valence-electron chi connectivity index (χ0n) is 18.9. The third-order valence-corrected chi connectivity index (χ3v) is 6.33. The maximum absolute atomic E-state index is 13.3. The molecule has 1 fully saturated rings. The number of fused-ring (bicyclic) bond motifs is 1. The molecule has 0 unspecified atom stereocenters.